The maximum atomic E-state index is 11.5. The minimum atomic E-state index is -0.465. The lowest BCUT2D eigenvalue weighted by atomic mass is 9.70. The fourth-order valence-corrected chi connectivity index (χ4v) is 2.27. The van der Waals surface area contributed by atoms with E-state index in [0.717, 1.165) is 0 Å². The summed E-state index contributed by atoms with van der Waals surface area (Å²) in [4.78, 5) is 24.6. The van der Waals surface area contributed by atoms with Crippen LogP contribution >= 0.6 is 0 Å². The number of hydrogen-bond acceptors (Lipinski definition) is 4. The SMILES string of the molecule is O=c1ccn([C@@H]2C[C@@H](CO)[C@H]2CO)c(=O)[nH]1. The van der Waals surface area contributed by atoms with Crippen molar-refractivity contribution < 1.29 is 10.2 Å². The van der Waals surface area contributed by atoms with Gasteiger partial charge in [-0.15, -0.1) is 0 Å². The molecule has 1 aliphatic carbocycles. The second-order valence-electron chi connectivity index (χ2n) is 4.11. The van der Waals surface area contributed by atoms with Gasteiger partial charge in [0.2, 0.25) is 0 Å². The van der Waals surface area contributed by atoms with Gasteiger partial charge >= 0.3 is 5.69 Å². The molecule has 0 spiro atoms. The molecule has 16 heavy (non-hydrogen) atoms. The van der Waals surface area contributed by atoms with Crippen LogP contribution in [0.4, 0.5) is 0 Å². The summed E-state index contributed by atoms with van der Waals surface area (Å²) in [7, 11) is 0. The summed E-state index contributed by atoms with van der Waals surface area (Å²) in [5, 5.41) is 18.2. The van der Waals surface area contributed by atoms with E-state index in [2.05, 4.69) is 4.98 Å². The Morgan fingerprint density at radius 3 is 2.69 bits per heavy atom. The van der Waals surface area contributed by atoms with Crippen LogP contribution in [0.1, 0.15) is 12.5 Å². The Balaban J connectivity index is 2.26. The molecule has 0 saturated heterocycles. The molecule has 0 aliphatic heterocycles. The first kappa shape index (κ1) is 11.1. The maximum absolute atomic E-state index is 11.5. The molecule has 3 atom stereocenters. The zero-order chi connectivity index (χ0) is 11.7. The Hall–Kier alpha value is -1.40. The zero-order valence-corrected chi connectivity index (χ0v) is 8.67. The number of aromatic amines is 1. The number of nitrogens with one attached hydrogen (secondary N) is 1. The van der Waals surface area contributed by atoms with Gasteiger partial charge in [-0.2, -0.15) is 0 Å². The van der Waals surface area contributed by atoms with Crippen molar-refractivity contribution in [2.24, 2.45) is 11.8 Å². The number of aliphatic hydroxyl groups is 2. The van der Waals surface area contributed by atoms with Crippen molar-refractivity contribution in [2.75, 3.05) is 13.2 Å². The predicted octanol–water partition coefficient (Wildman–Crippen LogP) is -1.30. The number of aromatic nitrogens is 2. The summed E-state index contributed by atoms with van der Waals surface area (Å²) in [6.45, 7) is -0.0543. The van der Waals surface area contributed by atoms with Gasteiger partial charge in [-0.25, -0.2) is 4.79 Å². The highest BCUT2D eigenvalue weighted by atomic mass is 16.3. The molecule has 3 N–H and O–H groups in total. The summed E-state index contributed by atoms with van der Waals surface area (Å²) in [6.07, 6.45) is 2.08. The normalized spacial score (nSPS) is 28.8. The summed E-state index contributed by atoms with van der Waals surface area (Å²) in [5.74, 6) is -0.0811. The fourth-order valence-electron chi connectivity index (χ4n) is 2.27. The Bertz CT molecular complexity index is 478. The summed E-state index contributed by atoms with van der Waals surface area (Å²) in [5.41, 5.74) is -0.896. The molecule has 0 aromatic carbocycles. The van der Waals surface area contributed by atoms with Crippen molar-refractivity contribution in [3.05, 3.63) is 33.1 Å². The van der Waals surface area contributed by atoms with Gasteiger partial charge in [0, 0.05) is 37.4 Å². The smallest absolute Gasteiger partial charge is 0.328 e. The van der Waals surface area contributed by atoms with Crippen LogP contribution in [-0.2, 0) is 0 Å². The molecule has 0 bridgehead atoms. The minimum Gasteiger partial charge on any atom is -0.396 e. The molecule has 0 radical (unpaired) electrons. The van der Waals surface area contributed by atoms with E-state index >= 15 is 0 Å². The third-order valence-corrected chi connectivity index (χ3v) is 3.30. The van der Waals surface area contributed by atoms with Crippen LogP contribution in [-0.4, -0.2) is 33.0 Å². The van der Waals surface area contributed by atoms with Gasteiger partial charge in [-0.05, 0) is 12.3 Å². The van der Waals surface area contributed by atoms with Crippen LogP contribution < -0.4 is 11.2 Å². The predicted molar refractivity (Wildman–Crippen MR) is 56.1 cm³/mol. The molecule has 1 heterocycles. The van der Waals surface area contributed by atoms with Gasteiger partial charge in [0.1, 0.15) is 0 Å². The lowest BCUT2D eigenvalue weighted by Crippen LogP contribution is -2.46. The van der Waals surface area contributed by atoms with E-state index in [1.165, 1.54) is 16.8 Å². The van der Waals surface area contributed by atoms with E-state index in [1.54, 1.807) is 0 Å². The number of rotatable bonds is 3. The largest absolute Gasteiger partial charge is 0.396 e. The van der Waals surface area contributed by atoms with Crippen molar-refractivity contribution in [3.8, 4) is 0 Å². The average Bonchev–Trinajstić information content (AvgIpc) is 2.21. The number of nitrogens with zero attached hydrogens (tertiary/aromatic N) is 1. The van der Waals surface area contributed by atoms with Crippen molar-refractivity contribution in [2.45, 2.75) is 12.5 Å². The van der Waals surface area contributed by atoms with Gasteiger partial charge in [0.05, 0.1) is 0 Å². The molecule has 2 rings (SSSR count). The Morgan fingerprint density at radius 1 is 1.38 bits per heavy atom. The second-order valence-corrected chi connectivity index (χ2v) is 4.11. The topological polar surface area (TPSA) is 95.3 Å². The van der Waals surface area contributed by atoms with E-state index in [9.17, 15) is 9.59 Å². The van der Waals surface area contributed by atoms with Gasteiger partial charge in [0.15, 0.2) is 0 Å². The quantitative estimate of drug-likeness (QED) is 0.597. The zero-order valence-electron chi connectivity index (χ0n) is 8.67. The van der Waals surface area contributed by atoms with E-state index in [-0.39, 0.29) is 31.1 Å². The Morgan fingerprint density at radius 2 is 2.12 bits per heavy atom. The minimum absolute atomic E-state index is 0.0137. The molecular formula is C10H14N2O4. The van der Waals surface area contributed by atoms with E-state index in [0.29, 0.717) is 6.42 Å². The summed E-state index contributed by atoms with van der Waals surface area (Å²) >= 11 is 0. The van der Waals surface area contributed by atoms with Gasteiger partial charge < -0.3 is 10.2 Å². The molecule has 6 heteroatoms. The van der Waals surface area contributed by atoms with Crippen molar-refractivity contribution >= 4 is 0 Å². The lowest BCUT2D eigenvalue weighted by molar-refractivity contribution is -0.00874. The maximum Gasteiger partial charge on any atom is 0.328 e. The Kier molecular flexibility index (Phi) is 2.93. The molecule has 0 amide bonds. The fraction of sp³-hybridized carbons (Fsp3) is 0.600. The van der Waals surface area contributed by atoms with E-state index in [4.69, 9.17) is 10.2 Å². The van der Waals surface area contributed by atoms with Crippen molar-refractivity contribution in [1.82, 2.24) is 9.55 Å². The van der Waals surface area contributed by atoms with Crippen LogP contribution in [0.25, 0.3) is 0 Å². The van der Waals surface area contributed by atoms with Crippen LogP contribution in [0.3, 0.4) is 0 Å². The molecule has 1 aromatic rings. The molecule has 88 valence electrons. The highest BCUT2D eigenvalue weighted by Gasteiger charge is 2.41. The first-order valence-corrected chi connectivity index (χ1v) is 5.20. The second kappa shape index (κ2) is 4.23. The molecule has 1 aromatic heterocycles. The monoisotopic (exact) mass is 226 g/mol. The van der Waals surface area contributed by atoms with Gasteiger partial charge in [-0.3, -0.25) is 14.3 Å². The van der Waals surface area contributed by atoms with Crippen LogP contribution in [0.5, 0.6) is 0 Å². The van der Waals surface area contributed by atoms with Gasteiger partial charge in [0.25, 0.3) is 5.56 Å². The van der Waals surface area contributed by atoms with Crippen LogP contribution in [0, 0.1) is 11.8 Å². The average molecular weight is 226 g/mol. The highest BCUT2D eigenvalue weighted by Crippen LogP contribution is 2.42. The first-order chi connectivity index (χ1) is 7.67. The number of hydrogen-bond donors (Lipinski definition) is 3. The summed E-state index contributed by atoms with van der Waals surface area (Å²) < 4.78 is 1.41. The third kappa shape index (κ3) is 1.70. The third-order valence-electron chi connectivity index (χ3n) is 3.30. The van der Waals surface area contributed by atoms with Crippen molar-refractivity contribution in [3.63, 3.8) is 0 Å². The number of H-pyrrole nitrogens is 1. The standard InChI is InChI=1S/C10H14N2O4/c13-4-6-3-8(7(6)5-14)12-2-1-9(15)11-10(12)16/h1-2,6-8,13-14H,3-5H2,(H,11,15,16)/t6-,7+,8+/m0/s1. The Labute approximate surface area is 91.2 Å². The molecule has 6 nitrogen and oxygen atoms in total. The van der Waals surface area contributed by atoms with Gasteiger partial charge in [-0.1, -0.05) is 0 Å². The van der Waals surface area contributed by atoms with E-state index in [1.807, 2.05) is 0 Å². The molecule has 1 saturated carbocycles. The highest BCUT2D eigenvalue weighted by molar-refractivity contribution is 4.96. The molecule has 1 aliphatic rings. The van der Waals surface area contributed by atoms with Crippen LogP contribution in [0.2, 0.25) is 0 Å². The van der Waals surface area contributed by atoms with E-state index < -0.39 is 11.2 Å². The molecular weight excluding hydrogens is 212 g/mol. The molecule has 0 unspecified atom stereocenters. The lowest BCUT2D eigenvalue weighted by Gasteiger charge is -2.43. The molecule has 1 fully saturated rings. The van der Waals surface area contributed by atoms with Crippen molar-refractivity contribution in [1.29, 1.82) is 0 Å². The first-order valence-electron chi connectivity index (χ1n) is 5.20. The summed E-state index contributed by atoms with van der Waals surface area (Å²) in [6, 6.07) is 1.15. The number of aliphatic hydroxyl groups excluding tert-OH is 2. The van der Waals surface area contributed by atoms with Crippen LogP contribution in [0.15, 0.2) is 21.9 Å².